The van der Waals surface area contributed by atoms with E-state index in [1.807, 2.05) is 20.8 Å². The van der Waals surface area contributed by atoms with Crippen molar-refractivity contribution in [1.82, 2.24) is 0 Å². The maximum Gasteiger partial charge on any atom is 0.0653 e. The lowest BCUT2D eigenvalue weighted by atomic mass is 9.52. The molecular weight excluding hydrogens is 212 g/mol. The molecule has 2 aliphatic carbocycles. The highest BCUT2D eigenvalue weighted by Crippen LogP contribution is 2.56. The summed E-state index contributed by atoms with van der Waals surface area (Å²) in [6.45, 7) is 8.17. The van der Waals surface area contributed by atoms with E-state index in [4.69, 9.17) is 0 Å². The van der Waals surface area contributed by atoms with Crippen molar-refractivity contribution < 1.29 is 10.2 Å². The second-order valence-corrected chi connectivity index (χ2v) is 7.54. The predicted octanol–water partition coefficient (Wildman–Crippen LogP) is 3.11. The second kappa shape index (κ2) is 3.96. The quantitative estimate of drug-likeness (QED) is 0.739. The van der Waals surface area contributed by atoms with Crippen molar-refractivity contribution >= 4 is 0 Å². The Kier molecular flexibility index (Phi) is 3.11. The van der Waals surface area contributed by atoms with Crippen LogP contribution >= 0.6 is 0 Å². The summed E-state index contributed by atoms with van der Waals surface area (Å²) in [6, 6.07) is 0. The Balaban J connectivity index is 2.20. The Hall–Kier alpha value is -0.0800. The van der Waals surface area contributed by atoms with Crippen molar-refractivity contribution in [2.45, 2.75) is 77.4 Å². The van der Waals surface area contributed by atoms with E-state index in [2.05, 4.69) is 6.92 Å². The van der Waals surface area contributed by atoms with Crippen LogP contribution in [0.15, 0.2) is 0 Å². The van der Waals surface area contributed by atoms with E-state index >= 15 is 0 Å². The van der Waals surface area contributed by atoms with Gasteiger partial charge in [-0.2, -0.15) is 0 Å². The molecule has 2 nitrogen and oxygen atoms in total. The molecular formula is C15H28O2. The van der Waals surface area contributed by atoms with E-state index in [0.29, 0.717) is 17.3 Å². The largest absolute Gasteiger partial charge is 0.390 e. The topological polar surface area (TPSA) is 40.5 Å². The summed E-state index contributed by atoms with van der Waals surface area (Å²) < 4.78 is 0. The van der Waals surface area contributed by atoms with E-state index in [9.17, 15) is 10.2 Å². The first kappa shape index (κ1) is 13.4. The summed E-state index contributed by atoms with van der Waals surface area (Å²) in [5.41, 5.74) is -0.838. The Labute approximate surface area is 105 Å². The monoisotopic (exact) mass is 240 g/mol. The van der Waals surface area contributed by atoms with Gasteiger partial charge in [0.1, 0.15) is 0 Å². The summed E-state index contributed by atoms with van der Waals surface area (Å²) in [6.07, 6.45) is 6.55. The maximum absolute atomic E-state index is 10.6. The molecule has 0 spiro atoms. The minimum atomic E-state index is -0.602. The first-order valence-electron chi connectivity index (χ1n) is 7.10. The molecule has 0 amide bonds. The molecule has 0 aliphatic heterocycles. The van der Waals surface area contributed by atoms with Crippen LogP contribution in [0.4, 0.5) is 0 Å². The molecule has 2 saturated carbocycles. The Morgan fingerprint density at radius 1 is 1.12 bits per heavy atom. The van der Waals surface area contributed by atoms with Gasteiger partial charge in [0.25, 0.3) is 0 Å². The third-order valence-corrected chi connectivity index (χ3v) is 5.61. The van der Waals surface area contributed by atoms with Gasteiger partial charge < -0.3 is 10.2 Å². The highest BCUT2D eigenvalue weighted by Gasteiger charge is 2.52. The number of aliphatic hydroxyl groups is 2. The number of hydrogen-bond acceptors (Lipinski definition) is 2. The SMILES string of the molecule is CC(C)(O)[C@@H]1CC[C@@]2(C)CCC[C@](C)(O)[C@@H]2C1. The van der Waals surface area contributed by atoms with Gasteiger partial charge in [0.2, 0.25) is 0 Å². The van der Waals surface area contributed by atoms with E-state index in [1.54, 1.807) is 0 Å². The highest BCUT2D eigenvalue weighted by molar-refractivity contribution is 5.03. The zero-order chi connectivity index (χ0) is 12.9. The van der Waals surface area contributed by atoms with Crippen LogP contribution in [-0.2, 0) is 0 Å². The van der Waals surface area contributed by atoms with Gasteiger partial charge in [-0.05, 0) is 70.1 Å². The van der Waals surface area contributed by atoms with Crippen LogP contribution in [0.2, 0.25) is 0 Å². The van der Waals surface area contributed by atoms with Crippen molar-refractivity contribution in [3.63, 3.8) is 0 Å². The van der Waals surface area contributed by atoms with E-state index in [-0.39, 0.29) is 0 Å². The van der Waals surface area contributed by atoms with Crippen LogP contribution < -0.4 is 0 Å². The van der Waals surface area contributed by atoms with Crippen LogP contribution in [0.1, 0.15) is 66.2 Å². The molecule has 0 bridgehead atoms. The molecule has 0 aromatic carbocycles. The molecule has 100 valence electrons. The van der Waals surface area contributed by atoms with Crippen molar-refractivity contribution in [3.05, 3.63) is 0 Å². The molecule has 2 N–H and O–H groups in total. The average molecular weight is 240 g/mol. The van der Waals surface area contributed by atoms with Gasteiger partial charge in [0.15, 0.2) is 0 Å². The lowest BCUT2D eigenvalue weighted by Crippen LogP contribution is -2.53. The molecule has 2 rings (SSSR count). The summed E-state index contributed by atoms with van der Waals surface area (Å²) >= 11 is 0. The fraction of sp³-hybridized carbons (Fsp3) is 1.00. The standard InChI is InChI=1S/C15H28O2/c1-13(2,16)11-6-9-14(3)7-5-8-15(4,17)12(14)10-11/h11-12,16-17H,5-10H2,1-4H3/t11-,12-,14-,15+/m1/s1. The first-order valence-corrected chi connectivity index (χ1v) is 7.10. The second-order valence-electron chi connectivity index (χ2n) is 7.54. The lowest BCUT2D eigenvalue weighted by molar-refractivity contribution is -0.143. The number of hydrogen-bond donors (Lipinski definition) is 2. The Morgan fingerprint density at radius 3 is 2.35 bits per heavy atom. The van der Waals surface area contributed by atoms with E-state index in [0.717, 1.165) is 32.1 Å². The van der Waals surface area contributed by atoms with Crippen molar-refractivity contribution in [2.24, 2.45) is 17.3 Å². The van der Waals surface area contributed by atoms with Gasteiger partial charge in [-0.1, -0.05) is 13.3 Å². The molecule has 17 heavy (non-hydrogen) atoms. The van der Waals surface area contributed by atoms with Gasteiger partial charge in [-0.25, -0.2) is 0 Å². The molecule has 0 radical (unpaired) electrons. The Bertz CT molecular complexity index is 290. The predicted molar refractivity (Wildman–Crippen MR) is 69.7 cm³/mol. The summed E-state index contributed by atoms with van der Waals surface area (Å²) in [5.74, 6) is 0.694. The first-order chi connectivity index (χ1) is 7.65. The molecule has 4 atom stereocenters. The van der Waals surface area contributed by atoms with Crippen molar-refractivity contribution in [2.75, 3.05) is 0 Å². The van der Waals surface area contributed by atoms with Crippen LogP contribution in [0.5, 0.6) is 0 Å². The number of fused-ring (bicyclic) bond motifs is 1. The number of rotatable bonds is 1. The molecule has 0 aromatic heterocycles. The molecule has 2 heteroatoms. The van der Waals surface area contributed by atoms with Crippen LogP contribution in [0, 0.1) is 17.3 Å². The van der Waals surface area contributed by atoms with Crippen molar-refractivity contribution in [3.8, 4) is 0 Å². The van der Waals surface area contributed by atoms with Gasteiger partial charge in [-0.3, -0.25) is 0 Å². The van der Waals surface area contributed by atoms with E-state index < -0.39 is 11.2 Å². The smallest absolute Gasteiger partial charge is 0.0653 e. The third-order valence-electron chi connectivity index (χ3n) is 5.61. The van der Waals surface area contributed by atoms with Crippen LogP contribution in [0.3, 0.4) is 0 Å². The summed E-state index contributed by atoms with van der Waals surface area (Å²) in [4.78, 5) is 0. The molecule has 0 heterocycles. The normalized spacial score (nSPS) is 47.6. The van der Waals surface area contributed by atoms with E-state index in [1.165, 1.54) is 6.42 Å². The average Bonchev–Trinajstić information content (AvgIpc) is 2.14. The zero-order valence-corrected chi connectivity index (χ0v) is 11.8. The minimum Gasteiger partial charge on any atom is -0.390 e. The zero-order valence-electron chi connectivity index (χ0n) is 11.8. The maximum atomic E-state index is 10.6. The van der Waals surface area contributed by atoms with Gasteiger partial charge >= 0.3 is 0 Å². The highest BCUT2D eigenvalue weighted by atomic mass is 16.3. The van der Waals surface area contributed by atoms with Crippen LogP contribution in [-0.4, -0.2) is 21.4 Å². The van der Waals surface area contributed by atoms with Gasteiger partial charge in [-0.15, -0.1) is 0 Å². The fourth-order valence-corrected chi connectivity index (χ4v) is 4.33. The molecule has 2 aliphatic rings. The summed E-state index contributed by atoms with van der Waals surface area (Å²) in [5, 5.41) is 20.8. The van der Waals surface area contributed by atoms with Gasteiger partial charge in [0.05, 0.1) is 11.2 Å². The molecule has 2 fully saturated rings. The minimum absolute atomic E-state index is 0.295. The molecule has 0 unspecified atom stereocenters. The van der Waals surface area contributed by atoms with Gasteiger partial charge in [0, 0.05) is 0 Å². The van der Waals surface area contributed by atoms with Crippen molar-refractivity contribution in [1.29, 1.82) is 0 Å². The van der Waals surface area contributed by atoms with Crippen LogP contribution in [0.25, 0.3) is 0 Å². The molecule has 0 aromatic rings. The third kappa shape index (κ3) is 2.39. The fourth-order valence-electron chi connectivity index (χ4n) is 4.33. The lowest BCUT2D eigenvalue weighted by Gasteiger charge is -2.55. The molecule has 0 saturated heterocycles. The Morgan fingerprint density at radius 2 is 1.76 bits per heavy atom. The summed E-state index contributed by atoms with van der Waals surface area (Å²) in [7, 11) is 0.